The molecule has 0 heterocycles. The van der Waals surface area contributed by atoms with E-state index in [-0.39, 0.29) is 11.6 Å². The molecular formula is C16H11NO2. The second-order valence-electron chi connectivity index (χ2n) is 4.38. The standard InChI is InChI=1S/C16H11NO2/c17-14-8-4-3-5-10(14)13-9-15(18)11-6-1-2-7-12(11)16(13)19/h1-9H,17H2. The van der Waals surface area contributed by atoms with Gasteiger partial charge in [-0.1, -0.05) is 42.5 Å². The molecule has 2 N–H and O–H groups in total. The van der Waals surface area contributed by atoms with E-state index in [4.69, 9.17) is 5.73 Å². The van der Waals surface area contributed by atoms with Gasteiger partial charge in [0.2, 0.25) is 0 Å². The molecule has 2 aromatic carbocycles. The molecule has 0 unspecified atom stereocenters. The van der Waals surface area contributed by atoms with Gasteiger partial charge in [-0.25, -0.2) is 0 Å². The summed E-state index contributed by atoms with van der Waals surface area (Å²) >= 11 is 0. The predicted octanol–water partition coefficient (Wildman–Crippen LogP) is 2.73. The number of hydrogen-bond donors (Lipinski definition) is 1. The molecule has 3 rings (SSSR count). The molecule has 3 heteroatoms. The van der Waals surface area contributed by atoms with Gasteiger partial charge in [-0.3, -0.25) is 9.59 Å². The van der Waals surface area contributed by atoms with Crippen LogP contribution in [0.15, 0.2) is 54.6 Å². The topological polar surface area (TPSA) is 60.2 Å². The molecule has 0 amide bonds. The first-order chi connectivity index (χ1) is 9.18. The lowest BCUT2D eigenvalue weighted by atomic mass is 9.86. The second kappa shape index (κ2) is 4.21. The third-order valence-electron chi connectivity index (χ3n) is 3.21. The number of ketones is 2. The SMILES string of the molecule is Nc1ccccc1C1=CC(=O)c2ccccc2C1=O. The Hall–Kier alpha value is -2.68. The van der Waals surface area contributed by atoms with Crippen molar-refractivity contribution in [3.63, 3.8) is 0 Å². The van der Waals surface area contributed by atoms with Gasteiger partial charge in [0.15, 0.2) is 11.6 Å². The minimum absolute atomic E-state index is 0.159. The molecule has 0 atom stereocenters. The number of carbonyl (C=O) groups excluding carboxylic acids is 2. The number of Topliss-reactive ketones (excluding diaryl/α,β-unsaturated/α-hetero) is 1. The van der Waals surface area contributed by atoms with Crippen LogP contribution in [0, 0.1) is 0 Å². The van der Waals surface area contributed by atoms with Crippen LogP contribution in [-0.2, 0) is 0 Å². The number of carbonyl (C=O) groups is 2. The third kappa shape index (κ3) is 1.76. The number of allylic oxidation sites excluding steroid dienone is 2. The van der Waals surface area contributed by atoms with Crippen LogP contribution in [0.5, 0.6) is 0 Å². The molecule has 0 spiro atoms. The van der Waals surface area contributed by atoms with Crippen LogP contribution in [0.3, 0.4) is 0 Å². The van der Waals surface area contributed by atoms with Gasteiger partial charge in [0, 0.05) is 28.0 Å². The Morgan fingerprint density at radius 3 is 2.00 bits per heavy atom. The van der Waals surface area contributed by atoms with Gasteiger partial charge in [0.25, 0.3) is 0 Å². The van der Waals surface area contributed by atoms with Crippen LogP contribution in [-0.4, -0.2) is 11.6 Å². The van der Waals surface area contributed by atoms with Crippen LogP contribution < -0.4 is 5.73 Å². The molecule has 0 radical (unpaired) electrons. The van der Waals surface area contributed by atoms with Crippen LogP contribution in [0.1, 0.15) is 26.3 Å². The minimum atomic E-state index is -0.159. The number of nitrogen functional groups attached to an aromatic ring is 1. The fraction of sp³-hybridized carbons (Fsp3) is 0. The number of hydrogen-bond acceptors (Lipinski definition) is 3. The van der Waals surface area contributed by atoms with Gasteiger partial charge < -0.3 is 5.73 Å². The van der Waals surface area contributed by atoms with Crippen molar-refractivity contribution in [3.05, 3.63) is 71.3 Å². The molecule has 3 nitrogen and oxygen atoms in total. The maximum Gasteiger partial charge on any atom is 0.194 e. The Bertz CT molecular complexity index is 729. The molecule has 2 aromatic rings. The van der Waals surface area contributed by atoms with Crippen molar-refractivity contribution in [3.8, 4) is 0 Å². The van der Waals surface area contributed by atoms with Gasteiger partial charge in [0.1, 0.15) is 0 Å². The Kier molecular flexibility index (Phi) is 2.53. The number of fused-ring (bicyclic) bond motifs is 1. The van der Waals surface area contributed by atoms with Crippen LogP contribution >= 0.6 is 0 Å². The lowest BCUT2D eigenvalue weighted by Gasteiger charge is -2.16. The Labute approximate surface area is 110 Å². The largest absolute Gasteiger partial charge is 0.398 e. The first kappa shape index (κ1) is 11.4. The molecule has 0 bridgehead atoms. The van der Waals surface area contributed by atoms with E-state index in [1.54, 1.807) is 48.5 Å². The van der Waals surface area contributed by atoms with Gasteiger partial charge >= 0.3 is 0 Å². The zero-order valence-electron chi connectivity index (χ0n) is 10.1. The number of nitrogens with two attached hydrogens (primary N) is 1. The van der Waals surface area contributed by atoms with Crippen molar-refractivity contribution in [2.45, 2.75) is 0 Å². The summed E-state index contributed by atoms with van der Waals surface area (Å²) in [5.41, 5.74) is 8.23. The molecule has 1 aliphatic carbocycles. The second-order valence-corrected chi connectivity index (χ2v) is 4.38. The molecule has 0 aromatic heterocycles. The fourth-order valence-electron chi connectivity index (χ4n) is 2.26. The molecular weight excluding hydrogens is 238 g/mol. The highest BCUT2D eigenvalue weighted by atomic mass is 16.1. The van der Waals surface area contributed by atoms with E-state index < -0.39 is 0 Å². The number of benzene rings is 2. The van der Waals surface area contributed by atoms with Crippen molar-refractivity contribution in [1.82, 2.24) is 0 Å². The van der Waals surface area contributed by atoms with Crippen LogP contribution in [0.4, 0.5) is 5.69 Å². The first-order valence-corrected chi connectivity index (χ1v) is 5.93. The molecule has 0 saturated carbocycles. The van der Waals surface area contributed by atoms with Gasteiger partial charge in [0.05, 0.1) is 0 Å². The van der Waals surface area contributed by atoms with Crippen molar-refractivity contribution < 1.29 is 9.59 Å². The molecule has 1 aliphatic rings. The Balaban J connectivity index is 2.19. The first-order valence-electron chi connectivity index (χ1n) is 5.93. The normalized spacial score (nSPS) is 14.0. The molecule has 92 valence electrons. The van der Waals surface area contributed by atoms with Crippen molar-refractivity contribution in [1.29, 1.82) is 0 Å². The summed E-state index contributed by atoms with van der Waals surface area (Å²) in [7, 11) is 0. The summed E-state index contributed by atoms with van der Waals surface area (Å²) in [6, 6.07) is 13.9. The van der Waals surface area contributed by atoms with Gasteiger partial charge in [-0.05, 0) is 12.1 Å². The molecule has 19 heavy (non-hydrogen) atoms. The van der Waals surface area contributed by atoms with Crippen molar-refractivity contribution in [2.24, 2.45) is 0 Å². The van der Waals surface area contributed by atoms with E-state index in [0.717, 1.165) is 0 Å². The number of rotatable bonds is 1. The smallest absolute Gasteiger partial charge is 0.194 e. The van der Waals surface area contributed by atoms with E-state index in [1.165, 1.54) is 6.08 Å². The van der Waals surface area contributed by atoms with Crippen molar-refractivity contribution >= 4 is 22.8 Å². The molecule has 0 saturated heterocycles. The highest BCUT2D eigenvalue weighted by molar-refractivity contribution is 6.39. The van der Waals surface area contributed by atoms with E-state index in [1.807, 2.05) is 0 Å². The zero-order chi connectivity index (χ0) is 13.4. The average molecular weight is 249 g/mol. The maximum atomic E-state index is 12.4. The van der Waals surface area contributed by atoms with E-state index in [0.29, 0.717) is 28.0 Å². The number of para-hydroxylation sites is 1. The summed E-state index contributed by atoms with van der Waals surface area (Å²) in [5.74, 6) is -0.318. The highest BCUT2D eigenvalue weighted by Crippen LogP contribution is 2.30. The monoisotopic (exact) mass is 249 g/mol. The molecule has 0 fully saturated rings. The van der Waals surface area contributed by atoms with Crippen LogP contribution in [0.2, 0.25) is 0 Å². The van der Waals surface area contributed by atoms with E-state index in [9.17, 15) is 9.59 Å². The summed E-state index contributed by atoms with van der Waals surface area (Å²) in [4.78, 5) is 24.5. The molecule has 0 aliphatic heterocycles. The lowest BCUT2D eigenvalue weighted by molar-refractivity contribution is 0.100. The lowest BCUT2D eigenvalue weighted by Crippen LogP contribution is -2.16. The Morgan fingerprint density at radius 1 is 0.737 bits per heavy atom. The van der Waals surface area contributed by atoms with Gasteiger partial charge in [-0.2, -0.15) is 0 Å². The third-order valence-corrected chi connectivity index (χ3v) is 3.21. The summed E-state index contributed by atoms with van der Waals surface area (Å²) in [6.45, 7) is 0. The predicted molar refractivity (Wildman–Crippen MR) is 73.9 cm³/mol. The van der Waals surface area contributed by atoms with Crippen LogP contribution in [0.25, 0.3) is 5.57 Å². The summed E-state index contributed by atoms with van der Waals surface area (Å²) in [5, 5.41) is 0. The van der Waals surface area contributed by atoms with E-state index >= 15 is 0 Å². The Morgan fingerprint density at radius 2 is 1.32 bits per heavy atom. The van der Waals surface area contributed by atoms with E-state index in [2.05, 4.69) is 0 Å². The van der Waals surface area contributed by atoms with Crippen molar-refractivity contribution in [2.75, 3.05) is 5.73 Å². The minimum Gasteiger partial charge on any atom is -0.398 e. The summed E-state index contributed by atoms with van der Waals surface area (Å²) < 4.78 is 0. The summed E-state index contributed by atoms with van der Waals surface area (Å²) in [6.07, 6.45) is 1.37. The fourth-order valence-corrected chi connectivity index (χ4v) is 2.26. The van der Waals surface area contributed by atoms with Gasteiger partial charge in [-0.15, -0.1) is 0 Å². The zero-order valence-corrected chi connectivity index (χ0v) is 10.1. The average Bonchev–Trinajstić information content (AvgIpc) is 2.44. The quantitative estimate of drug-likeness (QED) is 0.790. The highest BCUT2D eigenvalue weighted by Gasteiger charge is 2.26. The number of anilines is 1. The maximum absolute atomic E-state index is 12.4.